The van der Waals surface area contributed by atoms with Gasteiger partial charge in [-0.25, -0.2) is 0 Å². The van der Waals surface area contributed by atoms with Gasteiger partial charge in [-0.15, -0.1) is 0 Å². The first kappa shape index (κ1) is 13.4. The molecular formula is C15H29NO. The Morgan fingerprint density at radius 3 is 2.47 bits per heavy atom. The van der Waals surface area contributed by atoms with Crippen molar-refractivity contribution in [3.63, 3.8) is 0 Å². The molecule has 0 radical (unpaired) electrons. The van der Waals surface area contributed by atoms with Gasteiger partial charge in [-0.1, -0.05) is 13.8 Å². The molecule has 0 aromatic carbocycles. The highest BCUT2D eigenvalue weighted by atomic mass is 16.5. The smallest absolute Gasteiger partial charge is 0.0582 e. The number of hydrogen-bond donors (Lipinski definition) is 1. The molecule has 2 nitrogen and oxygen atoms in total. The second kappa shape index (κ2) is 6.19. The first-order valence-corrected chi connectivity index (χ1v) is 7.52. The number of ether oxygens (including phenoxy) is 1. The molecule has 2 rings (SSSR count). The second-order valence-electron chi connectivity index (χ2n) is 6.56. The Morgan fingerprint density at radius 1 is 1.18 bits per heavy atom. The molecule has 17 heavy (non-hydrogen) atoms. The average molecular weight is 239 g/mol. The third kappa shape index (κ3) is 4.97. The van der Waals surface area contributed by atoms with Crippen LogP contribution in [0.1, 0.15) is 59.3 Å². The van der Waals surface area contributed by atoms with Gasteiger partial charge in [-0.3, -0.25) is 0 Å². The summed E-state index contributed by atoms with van der Waals surface area (Å²) in [5.74, 6) is 1.62. The monoisotopic (exact) mass is 239 g/mol. The molecule has 3 atom stereocenters. The van der Waals surface area contributed by atoms with Gasteiger partial charge in [-0.05, 0) is 63.8 Å². The van der Waals surface area contributed by atoms with Crippen molar-refractivity contribution in [3.8, 4) is 0 Å². The van der Waals surface area contributed by atoms with E-state index >= 15 is 0 Å². The third-order valence-electron chi connectivity index (χ3n) is 3.99. The molecule has 100 valence electrons. The molecule has 1 heterocycles. The summed E-state index contributed by atoms with van der Waals surface area (Å²) in [6, 6.07) is 0.841. The van der Waals surface area contributed by atoms with Gasteiger partial charge in [0.2, 0.25) is 0 Å². The molecule has 0 spiro atoms. The standard InChI is InChI=1S/C15H29NO/c1-11(2)8-13(10-16-14-5-6-14)9-15-7-4-12(3)17-15/h11-16H,4-10H2,1-3H3. The first-order valence-electron chi connectivity index (χ1n) is 7.52. The van der Waals surface area contributed by atoms with Gasteiger partial charge < -0.3 is 10.1 Å². The van der Waals surface area contributed by atoms with Gasteiger partial charge in [0, 0.05) is 6.04 Å². The zero-order chi connectivity index (χ0) is 12.3. The second-order valence-corrected chi connectivity index (χ2v) is 6.56. The minimum absolute atomic E-state index is 0.496. The van der Waals surface area contributed by atoms with Crippen LogP contribution < -0.4 is 5.32 Å². The zero-order valence-electron chi connectivity index (χ0n) is 11.7. The lowest BCUT2D eigenvalue weighted by Gasteiger charge is -2.23. The predicted molar refractivity (Wildman–Crippen MR) is 72.2 cm³/mol. The molecule has 1 saturated heterocycles. The van der Waals surface area contributed by atoms with Crippen LogP contribution >= 0.6 is 0 Å². The molecule has 1 saturated carbocycles. The quantitative estimate of drug-likeness (QED) is 0.735. The minimum Gasteiger partial charge on any atom is -0.375 e. The lowest BCUT2D eigenvalue weighted by atomic mass is 9.91. The highest BCUT2D eigenvalue weighted by Crippen LogP contribution is 2.28. The number of rotatable bonds is 7. The van der Waals surface area contributed by atoms with Gasteiger partial charge >= 0.3 is 0 Å². The SMILES string of the molecule is CC(C)CC(CNC1CC1)CC1CCC(C)O1. The van der Waals surface area contributed by atoms with E-state index in [1.807, 2.05) is 0 Å². The third-order valence-corrected chi connectivity index (χ3v) is 3.99. The summed E-state index contributed by atoms with van der Waals surface area (Å²) in [4.78, 5) is 0. The van der Waals surface area contributed by atoms with E-state index in [2.05, 4.69) is 26.1 Å². The molecule has 1 N–H and O–H groups in total. The minimum atomic E-state index is 0.496. The van der Waals surface area contributed by atoms with E-state index in [1.54, 1.807) is 0 Å². The van der Waals surface area contributed by atoms with E-state index in [-0.39, 0.29) is 0 Å². The molecular weight excluding hydrogens is 210 g/mol. The Labute approximate surface area is 107 Å². The molecule has 3 unspecified atom stereocenters. The molecule has 0 aromatic heterocycles. The maximum atomic E-state index is 5.97. The summed E-state index contributed by atoms with van der Waals surface area (Å²) in [5, 5.41) is 3.69. The van der Waals surface area contributed by atoms with Gasteiger partial charge in [0.05, 0.1) is 12.2 Å². The molecule has 1 aliphatic carbocycles. The van der Waals surface area contributed by atoms with Crippen molar-refractivity contribution in [2.75, 3.05) is 6.54 Å². The molecule has 0 bridgehead atoms. The fourth-order valence-corrected chi connectivity index (χ4v) is 2.98. The van der Waals surface area contributed by atoms with Crippen LogP contribution in [0.5, 0.6) is 0 Å². The highest BCUT2D eigenvalue weighted by molar-refractivity contribution is 4.83. The van der Waals surface area contributed by atoms with Crippen LogP contribution in [0.15, 0.2) is 0 Å². The largest absolute Gasteiger partial charge is 0.375 e. The fourth-order valence-electron chi connectivity index (χ4n) is 2.98. The Hall–Kier alpha value is -0.0800. The van der Waals surface area contributed by atoms with Crippen molar-refractivity contribution in [1.82, 2.24) is 5.32 Å². The maximum Gasteiger partial charge on any atom is 0.0582 e. The topological polar surface area (TPSA) is 21.3 Å². The molecule has 2 fully saturated rings. The van der Waals surface area contributed by atoms with Crippen molar-refractivity contribution in [1.29, 1.82) is 0 Å². The predicted octanol–water partition coefficient (Wildman–Crippen LogP) is 3.36. The summed E-state index contributed by atoms with van der Waals surface area (Å²) >= 11 is 0. The van der Waals surface area contributed by atoms with Crippen LogP contribution in [0.2, 0.25) is 0 Å². The Morgan fingerprint density at radius 2 is 1.94 bits per heavy atom. The van der Waals surface area contributed by atoms with E-state index in [0.29, 0.717) is 12.2 Å². The molecule has 2 heteroatoms. The summed E-state index contributed by atoms with van der Waals surface area (Å²) < 4.78 is 5.97. The van der Waals surface area contributed by atoms with Crippen molar-refractivity contribution < 1.29 is 4.74 Å². The van der Waals surface area contributed by atoms with Crippen molar-refractivity contribution in [2.24, 2.45) is 11.8 Å². The van der Waals surface area contributed by atoms with Crippen molar-refractivity contribution >= 4 is 0 Å². The van der Waals surface area contributed by atoms with Crippen molar-refractivity contribution in [2.45, 2.75) is 77.5 Å². The van der Waals surface area contributed by atoms with E-state index < -0.39 is 0 Å². The maximum absolute atomic E-state index is 5.97. The normalized spacial score (nSPS) is 31.1. The van der Waals surface area contributed by atoms with Gasteiger partial charge in [0.15, 0.2) is 0 Å². The van der Waals surface area contributed by atoms with Gasteiger partial charge in [0.1, 0.15) is 0 Å². The highest BCUT2D eigenvalue weighted by Gasteiger charge is 2.27. The Bertz CT molecular complexity index is 225. The first-order chi connectivity index (χ1) is 8.13. The van der Waals surface area contributed by atoms with Crippen LogP contribution in [0, 0.1) is 11.8 Å². The Kier molecular flexibility index (Phi) is 4.87. The molecule has 2 aliphatic rings. The van der Waals surface area contributed by atoms with Crippen LogP contribution in [-0.2, 0) is 4.74 Å². The van der Waals surface area contributed by atoms with Crippen LogP contribution in [0.25, 0.3) is 0 Å². The number of hydrogen-bond acceptors (Lipinski definition) is 2. The Balaban J connectivity index is 1.72. The summed E-state index contributed by atoms with van der Waals surface area (Å²) in [7, 11) is 0. The molecule has 0 amide bonds. The van der Waals surface area contributed by atoms with Crippen LogP contribution in [-0.4, -0.2) is 24.8 Å². The lowest BCUT2D eigenvalue weighted by Crippen LogP contribution is -2.28. The van der Waals surface area contributed by atoms with E-state index in [0.717, 1.165) is 17.9 Å². The van der Waals surface area contributed by atoms with E-state index in [1.165, 1.54) is 45.1 Å². The van der Waals surface area contributed by atoms with Gasteiger partial charge in [-0.2, -0.15) is 0 Å². The van der Waals surface area contributed by atoms with Crippen LogP contribution in [0.3, 0.4) is 0 Å². The van der Waals surface area contributed by atoms with Crippen molar-refractivity contribution in [3.05, 3.63) is 0 Å². The average Bonchev–Trinajstić information content (AvgIpc) is 2.99. The van der Waals surface area contributed by atoms with E-state index in [4.69, 9.17) is 4.74 Å². The number of nitrogens with one attached hydrogen (secondary N) is 1. The lowest BCUT2D eigenvalue weighted by molar-refractivity contribution is 0.0387. The van der Waals surface area contributed by atoms with Gasteiger partial charge in [0.25, 0.3) is 0 Å². The van der Waals surface area contributed by atoms with Crippen LogP contribution in [0.4, 0.5) is 0 Å². The summed E-state index contributed by atoms with van der Waals surface area (Å²) in [6.07, 6.45) is 8.96. The summed E-state index contributed by atoms with van der Waals surface area (Å²) in [5.41, 5.74) is 0. The van der Waals surface area contributed by atoms with E-state index in [9.17, 15) is 0 Å². The summed E-state index contributed by atoms with van der Waals surface area (Å²) in [6.45, 7) is 8.08. The molecule has 0 aromatic rings. The molecule has 1 aliphatic heterocycles. The fraction of sp³-hybridized carbons (Fsp3) is 1.00. The zero-order valence-corrected chi connectivity index (χ0v) is 11.7.